The lowest BCUT2D eigenvalue weighted by atomic mass is 10.2. The van der Waals surface area contributed by atoms with Crippen LogP contribution in [-0.4, -0.2) is 48.3 Å². The molecule has 0 radical (unpaired) electrons. The molecule has 1 amide bonds. The molecular weight excluding hydrogens is 318 g/mol. The van der Waals surface area contributed by atoms with Gasteiger partial charge in [-0.1, -0.05) is 18.2 Å². The second-order valence-electron chi connectivity index (χ2n) is 5.94. The van der Waals surface area contributed by atoms with Crippen molar-refractivity contribution in [2.75, 3.05) is 31.1 Å². The molecule has 1 N–H and O–H groups in total. The average molecular weight is 337 g/mol. The third kappa shape index (κ3) is 3.26. The van der Waals surface area contributed by atoms with Crippen molar-refractivity contribution in [1.29, 1.82) is 0 Å². The van der Waals surface area contributed by atoms with E-state index in [0.717, 1.165) is 49.5 Å². The zero-order valence-corrected chi connectivity index (χ0v) is 13.8. The molecule has 0 spiro atoms. The largest absolute Gasteiger partial charge is 0.423 e. The number of carbonyl (C=O) groups excluding carboxylic acids is 1. The first-order valence-electron chi connectivity index (χ1n) is 8.32. The highest BCUT2D eigenvalue weighted by molar-refractivity contribution is 5.85. The molecule has 3 heterocycles. The van der Waals surface area contributed by atoms with Crippen LogP contribution in [0, 0.1) is 0 Å². The van der Waals surface area contributed by atoms with Crippen LogP contribution in [0.1, 0.15) is 6.42 Å². The highest BCUT2D eigenvalue weighted by atomic mass is 16.4. The highest BCUT2D eigenvalue weighted by Crippen LogP contribution is 2.22. The Morgan fingerprint density at radius 2 is 1.92 bits per heavy atom. The summed E-state index contributed by atoms with van der Waals surface area (Å²) >= 11 is 0. The van der Waals surface area contributed by atoms with Crippen molar-refractivity contribution in [3.8, 4) is 0 Å². The van der Waals surface area contributed by atoms with Crippen LogP contribution in [-0.2, 0) is 4.79 Å². The number of aliphatic imine (C=N–C) groups is 1. The lowest BCUT2D eigenvalue weighted by Gasteiger charge is -2.35. The first-order valence-corrected chi connectivity index (χ1v) is 8.32. The van der Waals surface area contributed by atoms with Crippen LogP contribution in [0.15, 0.2) is 57.7 Å². The van der Waals surface area contributed by atoms with Gasteiger partial charge in [-0.05, 0) is 18.2 Å². The Morgan fingerprint density at radius 3 is 2.72 bits per heavy atom. The van der Waals surface area contributed by atoms with Crippen molar-refractivity contribution >= 4 is 29.4 Å². The van der Waals surface area contributed by atoms with Crippen molar-refractivity contribution in [3.63, 3.8) is 0 Å². The summed E-state index contributed by atoms with van der Waals surface area (Å²) in [4.78, 5) is 24.1. The number of hydrogen-bond donors (Lipinski definition) is 1. The summed E-state index contributed by atoms with van der Waals surface area (Å²) in [5.74, 6) is 1.01. The Labute approximate surface area is 145 Å². The maximum absolute atomic E-state index is 10.5. The van der Waals surface area contributed by atoms with Crippen molar-refractivity contribution < 1.29 is 9.21 Å². The molecule has 7 nitrogen and oxygen atoms in total. The molecule has 2 aromatic rings. The van der Waals surface area contributed by atoms with Gasteiger partial charge < -0.3 is 19.5 Å². The van der Waals surface area contributed by atoms with Gasteiger partial charge in [0.2, 0.25) is 6.41 Å². The number of allylic oxidation sites excluding steroid dienone is 1. The summed E-state index contributed by atoms with van der Waals surface area (Å²) in [6, 6.07) is 8.50. The lowest BCUT2D eigenvalue weighted by molar-refractivity contribution is -0.108. The van der Waals surface area contributed by atoms with Gasteiger partial charge in [0.05, 0.1) is 11.9 Å². The monoisotopic (exact) mass is 337 g/mol. The van der Waals surface area contributed by atoms with E-state index in [1.165, 1.54) is 0 Å². The van der Waals surface area contributed by atoms with E-state index in [1.54, 1.807) is 6.20 Å². The zero-order chi connectivity index (χ0) is 17.1. The maximum atomic E-state index is 10.5. The Kier molecular flexibility index (Phi) is 4.20. The first kappa shape index (κ1) is 15.4. The standard InChI is InChI=1S/C18H19N5O2/c24-13-20-14-4-3-7-17(19-12-14)22-8-10-23(11-9-22)18-21-15-5-1-2-6-16(15)25-18/h1-6,12-13H,7-11H2,(H,20,24). The van der Waals surface area contributed by atoms with Crippen LogP contribution in [0.25, 0.3) is 11.1 Å². The maximum Gasteiger partial charge on any atom is 0.298 e. The van der Waals surface area contributed by atoms with Crippen LogP contribution in [0.3, 0.4) is 0 Å². The number of carbonyl (C=O) groups is 1. The smallest absolute Gasteiger partial charge is 0.298 e. The number of piperazine rings is 1. The van der Waals surface area contributed by atoms with Crippen molar-refractivity contribution in [2.24, 2.45) is 4.99 Å². The van der Waals surface area contributed by atoms with Gasteiger partial charge in [0, 0.05) is 32.6 Å². The number of benzene rings is 1. The summed E-state index contributed by atoms with van der Waals surface area (Å²) in [6.45, 7) is 3.38. The molecule has 0 bridgehead atoms. The van der Waals surface area contributed by atoms with Gasteiger partial charge in [0.1, 0.15) is 11.4 Å². The molecule has 0 atom stereocenters. The fourth-order valence-corrected chi connectivity index (χ4v) is 3.05. The minimum absolute atomic E-state index is 0.662. The highest BCUT2D eigenvalue weighted by Gasteiger charge is 2.22. The molecule has 2 aliphatic rings. The van der Waals surface area contributed by atoms with E-state index < -0.39 is 0 Å². The van der Waals surface area contributed by atoms with Gasteiger partial charge >= 0.3 is 0 Å². The third-order valence-electron chi connectivity index (χ3n) is 4.37. The van der Waals surface area contributed by atoms with Crippen molar-refractivity contribution in [1.82, 2.24) is 15.2 Å². The van der Waals surface area contributed by atoms with E-state index in [9.17, 15) is 4.79 Å². The molecule has 1 saturated heterocycles. The van der Waals surface area contributed by atoms with E-state index in [2.05, 4.69) is 25.1 Å². The topological polar surface area (TPSA) is 74.0 Å². The molecule has 7 heteroatoms. The molecule has 128 valence electrons. The number of nitrogens with zero attached hydrogens (tertiary/aromatic N) is 4. The molecule has 0 unspecified atom stereocenters. The third-order valence-corrected chi connectivity index (χ3v) is 4.37. The van der Waals surface area contributed by atoms with E-state index in [1.807, 2.05) is 36.4 Å². The molecule has 25 heavy (non-hydrogen) atoms. The summed E-state index contributed by atoms with van der Waals surface area (Å²) in [5, 5.41) is 2.63. The fraction of sp³-hybridized carbons (Fsp3) is 0.278. The van der Waals surface area contributed by atoms with E-state index in [0.29, 0.717) is 18.1 Å². The lowest BCUT2D eigenvalue weighted by Crippen LogP contribution is -2.48. The number of anilines is 1. The molecule has 1 aromatic heterocycles. The van der Waals surface area contributed by atoms with Gasteiger partial charge in [-0.2, -0.15) is 4.98 Å². The fourth-order valence-electron chi connectivity index (χ4n) is 3.05. The van der Waals surface area contributed by atoms with Crippen LogP contribution in [0.2, 0.25) is 0 Å². The molecular formula is C18H19N5O2. The van der Waals surface area contributed by atoms with E-state index in [4.69, 9.17) is 4.42 Å². The number of rotatable bonds is 3. The Balaban J connectivity index is 1.43. The molecule has 1 fully saturated rings. The van der Waals surface area contributed by atoms with Crippen LogP contribution in [0.5, 0.6) is 0 Å². The van der Waals surface area contributed by atoms with Gasteiger partial charge in [-0.15, -0.1) is 0 Å². The quantitative estimate of drug-likeness (QED) is 0.866. The van der Waals surface area contributed by atoms with E-state index >= 15 is 0 Å². The summed E-state index contributed by atoms with van der Waals surface area (Å²) < 4.78 is 5.85. The molecule has 0 saturated carbocycles. The molecule has 0 aliphatic carbocycles. The molecule has 1 aromatic carbocycles. The number of aromatic nitrogens is 1. The minimum Gasteiger partial charge on any atom is -0.423 e. The van der Waals surface area contributed by atoms with Gasteiger partial charge in [0.25, 0.3) is 6.01 Å². The summed E-state index contributed by atoms with van der Waals surface area (Å²) in [5.41, 5.74) is 2.41. The number of fused-ring (bicyclic) bond motifs is 1. The summed E-state index contributed by atoms with van der Waals surface area (Å²) in [7, 11) is 0. The number of amidine groups is 1. The predicted octanol–water partition coefficient (Wildman–Crippen LogP) is 1.90. The zero-order valence-electron chi connectivity index (χ0n) is 13.8. The predicted molar refractivity (Wildman–Crippen MR) is 96.3 cm³/mol. The minimum atomic E-state index is 0.662. The van der Waals surface area contributed by atoms with Crippen molar-refractivity contribution in [3.05, 3.63) is 48.3 Å². The first-order chi connectivity index (χ1) is 12.3. The van der Waals surface area contributed by atoms with E-state index in [-0.39, 0.29) is 0 Å². The second kappa shape index (κ2) is 6.80. The number of amides is 1. The van der Waals surface area contributed by atoms with Crippen LogP contribution >= 0.6 is 0 Å². The second-order valence-corrected chi connectivity index (χ2v) is 5.94. The number of oxazole rings is 1. The summed E-state index contributed by atoms with van der Waals surface area (Å²) in [6.07, 6.45) is 7.00. The van der Waals surface area contributed by atoms with Gasteiger partial charge in [-0.25, -0.2) is 4.99 Å². The number of hydrogen-bond acceptors (Lipinski definition) is 6. The van der Waals surface area contributed by atoms with Crippen molar-refractivity contribution in [2.45, 2.75) is 6.42 Å². The number of para-hydroxylation sites is 2. The average Bonchev–Trinajstić information content (AvgIpc) is 2.95. The van der Waals surface area contributed by atoms with Crippen LogP contribution < -0.4 is 10.2 Å². The SMILES string of the molecule is O=CNC1=CN=C(N2CCN(c3nc4ccccc4o3)CC2)CC=C1. The number of nitrogens with one attached hydrogen (secondary N) is 1. The Bertz CT molecular complexity index is 826. The van der Waals surface area contributed by atoms with Gasteiger partial charge in [0.15, 0.2) is 5.58 Å². The normalized spacial score (nSPS) is 17.9. The Hall–Kier alpha value is -3.09. The van der Waals surface area contributed by atoms with Gasteiger partial charge in [-0.3, -0.25) is 4.79 Å². The molecule has 4 rings (SSSR count). The molecule has 2 aliphatic heterocycles. The van der Waals surface area contributed by atoms with Crippen LogP contribution in [0.4, 0.5) is 6.01 Å². The Morgan fingerprint density at radius 1 is 1.12 bits per heavy atom.